The molecular formula is C18H18N2O. The van der Waals surface area contributed by atoms with Crippen molar-refractivity contribution in [3.8, 4) is 11.1 Å². The summed E-state index contributed by atoms with van der Waals surface area (Å²) in [5.74, 6) is 0.0822. The van der Waals surface area contributed by atoms with E-state index in [-0.39, 0.29) is 11.9 Å². The standard InChI is InChI=1S/C18H18N2O/c21-18(17-6-3-9-19-17)20-14-8-7-13-10-12-4-1-2-5-15(12)16(13)11-14/h1-2,4-5,7-8,11,17,19H,3,6,9-10H2,(H,20,21)/t17-/m0/s1. The van der Waals surface area contributed by atoms with E-state index in [4.69, 9.17) is 0 Å². The summed E-state index contributed by atoms with van der Waals surface area (Å²) in [7, 11) is 0. The second-order valence-corrected chi connectivity index (χ2v) is 5.84. The molecule has 1 fully saturated rings. The van der Waals surface area contributed by atoms with Gasteiger partial charge < -0.3 is 10.6 Å². The van der Waals surface area contributed by atoms with Crippen molar-refractivity contribution >= 4 is 11.6 Å². The largest absolute Gasteiger partial charge is 0.325 e. The molecule has 4 rings (SSSR count). The molecule has 2 N–H and O–H groups in total. The zero-order valence-electron chi connectivity index (χ0n) is 11.9. The van der Waals surface area contributed by atoms with E-state index in [0.717, 1.165) is 31.5 Å². The molecule has 3 nitrogen and oxygen atoms in total. The van der Waals surface area contributed by atoms with Crippen LogP contribution < -0.4 is 10.6 Å². The van der Waals surface area contributed by atoms with Crippen molar-refractivity contribution < 1.29 is 4.79 Å². The zero-order valence-corrected chi connectivity index (χ0v) is 11.9. The highest BCUT2D eigenvalue weighted by molar-refractivity contribution is 5.96. The molecule has 21 heavy (non-hydrogen) atoms. The predicted molar refractivity (Wildman–Crippen MR) is 84.3 cm³/mol. The van der Waals surface area contributed by atoms with Crippen LogP contribution in [0.15, 0.2) is 42.5 Å². The van der Waals surface area contributed by atoms with Crippen LogP contribution in [0.2, 0.25) is 0 Å². The lowest BCUT2D eigenvalue weighted by molar-refractivity contribution is -0.117. The molecule has 1 heterocycles. The molecule has 2 aromatic carbocycles. The Bertz CT molecular complexity index is 702. The molecule has 1 aliphatic heterocycles. The minimum Gasteiger partial charge on any atom is -0.325 e. The lowest BCUT2D eigenvalue weighted by Crippen LogP contribution is -2.35. The Balaban J connectivity index is 1.60. The van der Waals surface area contributed by atoms with Crippen molar-refractivity contribution in [2.24, 2.45) is 0 Å². The van der Waals surface area contributed by atoms with Crippen molar-refractivity contribution in [2.75, 3.05) is 11.9 Å². The summed E-state index contributed by atoms with van der Waals surface area (Å²) in [5.41, 5.74) is 6.15. The van der Waals surface area contributed by atoms with Gasteiger partial charge in [0.25, 0.3) is 0 Å². The molecule has 1 saturated heterocycles. The summed E-state index contributed by atoms with van der Waals surface area (Å²) in [6.45, 7) is 0.940. The number of nitrogens with one attached hydrogen (secondary N) is 2. The third kappa shape index (κ3) is 2.24. The maximum Gasteiger partial charge on any atom is 0.241 e. The third-order valence-corrected chi connectivity index (χ3v) is 4.44. The molecule has 1 amide bonds. The van der Waals surface area contributed by atoms with Gasteiger partial charge in [-0.2, -0.15) is 0 Å². The van der Waals surface area contributed by atoms with E-state index in [1.54, 1.807) is 0 Å². The van der Waals surface area contributed by atoms with Gasteiger partial charge in [-0.15, -0.1) is 0 Å². The number of fused-ring (bicyclic) bond motifs is 3. The third-order valence-electron chi connectivity index (χ3n) is 4.44. The predicted octanol–water partition coefficient (Wildman–Crippen LogP) is 2.95. The first kappa shape index (κ1) is 12.6. The molecule has 2 aromatic rings. The van der Waals surface area contributed by atoms with Crippen LogP contribution in [0.5, 0.6) is 0 Å². The highest BCUT2D eigenvalue weighted by Crippen LogP contribution is 2.37. The van der Waals surface area contributed by atoms with Crippen molar-refractivity contribution in [2.45, 2.75) is 25.3 Å². The van der Waals surface area contributed by atoms with E-state index in [1.807, 2.05) is 6.07 Å². The highest BCUT2D eigenvalue weighted by Gasteiger charge is 2.23. The summed E-state index contributed by atoms with van der Waals surface area (Å²) in [4.78, 5) is 12.2. The molecule has 0 saturated carbocycles. The second-order valence-electron chi connectivity index (χ2n) is 5.84. The minimum atomic E-state index is -0.0365. The second kappa shape index (κ2) is 5.01. The lowest BCUT2D eigenvalue weighted by Gasteiger charge is -2.12. The van der Waals surface area contributed by atoms with E-state index >= 15 is 0 Å². The molecule has 3 heteroatoms. The van der Waals surface area contributed by atoms with Crippen LogP contribution in [0.25, 0.3) is 11.1 Å². The fourth-order valence-corrected chi connectivity index (χ4v) is 3.34. The summed E-state index contributed by atoms with van der Waals surface area (Å²) in [5, 5.41) is 6.28. The molecule has 0 spiro atoms. The Morgan fingerprint density at radius 2 is 1.95 bits per heavy atom. The average Bonchev–Trinajstić information content (AvgIpc) is 3.14. The molecule has 0 unspecified atom stereocenters. The van der Waals surface area contributed by atoms with Crippen LogP contribution in [0.4, 0.5) is 5.69 Å². The molecule has 1 aliphatic carbocycles. The maximum absolute atomic E-state index is 12.2. The van der Waals surface area contributed by atoms with E-state index in [1.165, 1.54) is 22.3 Å². The van der Waals surface area contributed by atoms with Gasteiger partial charge in [0.05, 0.1) is 6.04 Å². The first-order valence-corrected chi connectivity index (χ1v) is 7.57. The van der Waals surface area contributed by atoms with Crippen molar-refractivity contribution in [3.05, 3.63) is 53.6 Å². The van der Waals surface area contributed by atoms with E-state index in [0.29, 0.717) is 0 Å². The molecule has 2 aliphatic rings. The average molecular weight is 278 g/mol. The van der Waals surface area contributed by atoms with Gasteiger partial charge in [-0.25, -0.2) is 0 Å². The summed E-state index contributed by atoms with van der Waals surface area (Å²) < 4.78 is 0. The molecular weight excluding hydrogens is 260 g/mol. The van der Waals surface area contributed by atoms with Gasteiger partial charge >= 0.3 is 0 Å². The van der Waals surface area contributed by atoms with Crippen LogP contribution >= 0.6 is 0 Å². The number of carbonyl (C=O) groups is 1. The summed E-state index contributed by atoms with van der Waals surface area (Å²) in [6, 6.07) is 14.7. The van der Waals surface area contributed by atoms with Gasteiger partial charge in [-0.05, 0) is 60.2 Å². The summed E-state index contributed by atoms with van der Waals surface area (Å²) >= 11 is 0. The normalized spacial score (nSPS) is 19.1. The number of hydrogen-bond acceptors (Lipinski definition) is 2. The van der Waals surface area contributed by atoms with Crippen LogP contribution in [0.3, 0.4) is 0 Å². The number of amides is 1. The summed E-state index contributed by atoms with van der Waals surface area (Å²) in [6.07, 6.45) is 3.00. The Morgan fingerprint density at radius 1 is 1.10 bits per heavy atom. The number of benzene rings is 2. The van der Waals surface area contributed by atoms with Gasteiger partial charge in [0, 0.05) is 5.69 Å². The Kier molecular flexibility index (Phi) is 3.00. The minimum absolute atomic E-state index is 0.0365. The molecule has 106 valence electrons. The molecule has 0 bridgehead atoms. The first-order chi connectivity index (χ1) is 10.3. The van der Waals surface area contributed by atoms with Gasteiger partial charge in [-0.3, -0.25) is 4.79 Å². The van der Waals surface area contributed by atoms with Crippen molar-refractivity contribution in [1.29, 1.82) is 0 Å². The quantitative estimate of drug-likeness (QED) is 0.756. The zero-order chi connectivity index (χ0) is 14.2. The highest BCUT2D eigenvalue weighted by atomic mass is 16.2. The topological polar surface area (TPSA) is 41.1 Å². The van der Waals surface area contributed by atoms with Crippen LogP contribution in [0.1, 0.15) is 24.0 Å². The number of anilines is 1. The molecule has 1 atom stereocenters. The van der Waals surface area contributed by atoms with Crippen molar-refractivity contribution in [3.63, 3.8) is 0 Å². The monoisotopic (exact) mass is 278 g/mol. The SMILES string of the molecule is O=C(Nc1ccc2c(c1)-c1ccccc1C2)[C@@H]1CCCN1. The fraction of sp³-hybridized carbons (Fsp3) is 0.278. The Labute approximate surface area is 124 Å². The van der Waals surface area contributed by atoms with Gasteiger partial charge in [0.15, 0.2) is 0 Å². The van der Waals surface area contributed by atoms with E-state index in [2.05, 4.69) is 47.0 Å². The van der Waals surface area contributed by atoms with Gasteiger partial charge in [0.1, 0.15) is 0 Å². The van der Waals surface area contributed by atoms with E-state index < -0.39 is 0 Å². The van der Waals surface area contributed by atoms with Crippen LogP contribution in [-0.2, 0) is 11.2 Å². The number of rotatable bonds is 2. The van der Waals surface area contributed by atoms with Crippen molar-refractivity contribution in [1.82, 2.24) is 5.32 Å². The molecule has 0 aromatic heterocycles. The van der Waals surface area contributed by atoms with E-state index in [9.17, 15) is 4.79 Å². The number of hydrogen-bond donors (Lipinski definition) is 2. The smallest absolute Gasteiger partial charge is 0.241 e. The van der Waals surface area contributed by atoms with Gasteiger partial charge in [0.2, 0.25) is 5.91 Å². The van der Waals surface area contributed by atoms with Crippen LogP contribution in [0, 0.1) is 0 Å². The Morgan fingerprint density at radius 3 is 2.81 bits per heavy atom. The lowest BCUT2D eigenvalue weighted by atomic mass is 10.1. The maximum atomic E-state index is 12.2. The van der Waals surface area contributed by atoms with Gasteiger partial charge in [-0.1, -0.05) is 30.3 Å². The fourth-order valence-electron chi connectivity index (χ4n) is 3.34. The molecule has 0 radical (unpaired) electrons. The Hall–Kier alpha value is -2.13. The number of carbonyl (C=O) groups excluding carboxylic acids is 1. The van der Waals surface area contributed by atoms with Crippen LogP contribution in [-0.4, -0.2) is 18.5 Å². The first-order valence-electron chi connectivity index (χ1n) is 7.57.